The van der Waals surface area contributed by atoms with Gasteiger partial charge in [-0.3, -0.25) is 14.6 Å². The lowest BCUT2D eigenvalue weighted by Gasteiger charge is -2.28. The van der Waals surface area contributed by atoms with Crippen molar-refractivity contribution < 1.29 is 14.0 Å². The topological polar surface area (TPSA) is 62.3 Å². The molecule has 5 nitrogen and oxygen atoms in total. The summed E-state index contributed by atoms with van der Waals surface area (Å²) in [5.41, 5.74) is 2.66. The predicted octanol–water partition coefficient (Wildman–Crippen LogP) is 3.71. The van der Waals surface area contributed by atoms with E-state index in [0.717, 1.165) is 16.7 Å². The Morgan fingerprint density at radius 2 is 1.87 bits per heavy atom. The van der Waals surface area contributed by atoms with Gasteiger partial charge in [-0.25, -0.2) is 4.39 Å². The maximum Gasteiger partial charge on any atom is 0.253 e. The Bertz CT molecular complexity index is 1100. The molecule has 2 aromatic carbocycles. The third kappa shape index (κ3) is 4.19. The van der Waals surface area contributed by atoms with E-state index in [-0.39, 0.29) is 18.4 Å². The number of pyridine rings is 1. The van der Waals surface area contributed by atoms with Crippen molar-refractivity contribution in [2.24, 2.45) is 5.41 Å². The normalized spacial score (nSPS) is 18.1. The monoisotopic (exact) mass is 417 g/mol. The second-order valence-electron chi connectivity index (χ2n) is 7.92. The van der Waals surface area contributed by atoms with Crippen molar-refractivity contribution in [2.75, 3.05) is 20.1 Å². The van der Waals surface area contributed by atoms with Crippen molar-refractivity contribution in [1.29, 1.82) is 0 Å². The highest BCUT2D eigenvalue weighted by Gasteiger charge is 2.46. The molecule has 31 heavy (non-hydrogen) atoms. The molecular formula is C25H24FN3O2. The Balaban J connectivity index is 1.64. The molecule has 3 aromatic rings. The van der Waals surface area contributed by atoms with Crippen molar-refractivity contribution >= 4 is 11.8 Å². The largest absolute Gasteiger partial charge is 0.359 e. The average molecular weight is 417 g/mol. The summed E-state index contributed by atoms with van der Waals surface area (Å²) in [5, 5.41) is 2.79. The number of carbonyl (C=O) groups is 2. The van der Waals surface area contributed by atoms with Gasteiger partial charge in [-0.05, 0) is 59.9 Å². The second kappa shape index (κ2) is 8.68. The Labute approximate surface area is 180 Å². The molecule has 1 atom stereocenters. The number of benzene rings is 2. The molecule has 0 saturated carbocycles. The first-order valence-corrected chi connectivity index (χ1v) is 10.3. The predicted molar refractivity (Wildman–Crippen MR) is 117 cm³/mol. The van der Waals surface area contributed by atoms with Gasteiger partial charge in [0.05, 0.1) is 5.41 Å². The maximum atomic E-state index is 13.6. The van der Waals surface area contributed by atoms with Crippen LogP contribution in [0.2, 0.25) is 0 Å². The Morgan fingerprint density at radius 3 is 2.61 bits per heavy atom. The van der Waals surface area contributed by atoms with Crippen LogP contribution in [0, 0.1) is 11.2 Å². The van der Waals surface area contributed by atoms with Crippen molar-refractivity contribution in [2.45, 2.75) is 12.8 Å². The molecule has 1 aliphatic rings. The van der Waals surface area contributed by atoms with E-state index in [0.29, 0.717) is 24.9 Å². The summed E-state index contributed by atoms with van der Waals surface area (Å²) in [6.45, 7) is 0.729. The van der Waals surface area contributed by atoms with Crippen LogP contribution in [0.4, 0.5) is 4.39 Å². The zero-order chi connectivity index (χ0) is 21.8. The van der Waals surface area contributed by atoms with Crippen molar-refractivity contribution in [1.82, 2.24) is 15.2 Å². The Hall–Kier alpha value is -3.54. The molecule has 2 amide bonds. The van der Waals surface area contributed by atoms with E-state index in [1.807, 2.05) is 36.4 Å². The molecule has 4 rings (SSSR count). The Kier molecular flexibility index (Phi) is 5.80. The maximum absolute atomic E-state index is 13.6. The van der Waals surface area contributed by atoms with Crippen molar-refractivity contribution in [3.8, 4) is 11.1 Å². The lowest BCUT2D eigenvalue weighted by atomic mass is 9.78. The number of carbonyl (C=O) groups excluding carboxylic acids is 2. The van der Waals surface area contributed by atoms with Gasteiger partial charge in [0, 0.05) is 38.1 Å². The van der Waals surface area contributed by atoms with E-state index in [1.165, 1.54) is 18.2 Å². The smallest absolute Gasteiger partial charge is 0.253 e. The quantitative estimate of drug-likeness (QED) is 0.689. The number of nitrogens with one attached hydrogen (secondary N) is 1. The highest BCUT2D eigenvalue weighted by molar-refractivity contribution is 5.95. The van der Waals surface area contributed by atoms with Crippen molar-refractivity contribution in [3.05, 3.63) is 90.0 Å². The number of aromatic nitrogens is 1. The van der Waals surface area contributed by atoms with Crippen LogP contribution in [-0.4, -0.2) is 41.8 Å². The minimum absolute atomic E-state index is 0.0911. The summed E-state index contributed by atoms with van der Waals surface area (Å²) in [4.78, 5) is 31.7. The molecule has 0 aliphatic carbocycles. The summed E-state index contributed by atoms with van der Waals surface area (Å²) in [7, 11) is 1.62. The van der Waals surface area contributed by atoms with Gasteiger partial charge in [-0.1, -0.05) is 30.3 Å². The zero-order valence-corrected chi connectivity index (χ0v) is 17.3. The minimum atomic E-state index is -0.749. The van der Waals surface area contributed by atoms with Gasteiger partial charge in [0.25, 0.3) is 5.91 Å². The van der Waals surface area contributed by atoms with E-state index in [4.69, 9.17) is 0 Å². The summed E-state index contributed by atoms with van der Waals surface area (Å²) in [6, 6.07) is 17.6. The first kappa shape index (κ1) is 20.7. The fourth-order valence-corrected chi connectivity index (χ4v) is 4.38. The van der Waals surface area contributed by atoms with Gasteiger partial charge in [-0.2, -0.15) is 0 Å². The van der Waals surface area contributed by atoms with E-state index in [2.05, 4.69) is 10.3 Å². The van der Waals surface area contributed by atoms with E-state index >= 15 is 0 Å². The zero-order valence-electron chi connectivity index (χ0n) is 17.3. The fourth-order valence-electron chi connectivity index (χ4n) is 4.38. The van der Waals surface area contributed by atoms with Crippen LogP contribution in [0.25, 0.3) is 11.1 Å². The van der Waals surface area contributed by atoms with Gasteiger partial charge in [-0.15, -0.1) is 0 Å². The third-order valence-corrected chi connectivity index (χ3v) is 5.96. The van der Waals surface area contributed by atoms with Crippen LogP contribution >= 0.6 is 0 Å². The van der Waals surface area contributed by atoms with Crippen molar-refractivity contribution in [3.63, 3.8) is 0 Å². The molecule has 1 aromatic heterocycles. The summed E-state index contributed by atoms with van der Waals surface area (Å²) >= 11 is 0. The minimum Gasteiger partial charge on any atom is -0.359 e. The lowest BCUT2D eigenvalue weighted by molar-refractivity contribution is -0.129. The molecule has 158 valence electrons. The molecule has 2 heterocycles. The molecule has 0 bridgehead atoms. The number of hydrogen-bond donors (Lipinski definition) is 1. The van der Waals surface area contributed by atoms with Gasteiger partial charge >= 0.3 is 0 Å². The van der Waals surface area contributed by atoms with Crippen LogP contribution < -0.4 is 5.32 Å². The number of likely N-dealkylation sites (tertiary alicyclic amines) is 1. The van der Waals surface area contributed by atoms with Crippen LogP contribution in [0.5, 0.6) is 0 Å². The highest BCUT2D eigenvalue weighted by atomic mass is 19.1. The van der Waals surface area contributed by atoms with Crippen LogP contribution in [-0.2, 0) is 11.2 Å². The highest BCUT2D eigenvalue weighted by Crippen LogP contribution is 2.38. The average Bonchev–Trinajstić information content (AvgIpc) is 3.24. The second-order valence-corrected chi connectivity index (χ2v) is 7.92. The van der Waals surface area contributed by atoms with E-state index in [1.54, 1.807) is 30.4 Å². The van der Waals surface area contributed by atoms with Gasteiger partial charge in [0.1, 0.15) is 5.82 Å². The lowest BCUT2D eigenvalue weighted by Crippen LogP contribution is -2.44. The van der Waals surface area contributed by atoms with E-state index in [9.17, 15) is 14.0 Å². The molecule has 1 N–H and O–H groups in total. The van der Waals surface area contributed by atoms with Gasteiger partial charge < -0.3 is 10.2 Å². The number of nitrogens with zero attached hydrogens (tertiary/aromatic N) is 2. The van der Waals surface area contributed by atoms with Gasteiger partial charge in [0.2, 0.25) is 5.91 Å². The molecule has 1 aliphatic heterocycles. The molecule has 1 saturated heterocycles. The molecule has 1 unspecified atom stereocenters. The summed E-state index contributed by atoms with van der Waals surface area (Å²) < 4.78 is 13.6. The molecule has 6 heteroatoms. The van der Waals surface area contributed by atoms with Crippen LogP contribution in [0.3, 0.4) is 0 Å². The van der Waals surface area contributed by atoms with E-state index < -0.39 is 11.2 Å². The molecule has 0 spiro atoms. The number of hydrogen-bond acceptors (Lipinski definition) is 3. The number of amides is 2. The van der Waals surface area contributed by atoms with Crippen LogP contribution in [0.1, 0.15) is 22.3 Å². The van der Waals surface area contributed by atoms with Gasteiger partial charge in [0.15, 0.2) is 0 Å². The number of halogens is 1. The summed E-state index contributed by atoms with van der Waals surface area (Å²) in [5.74, 6) is -0.798. The van der Waals surface area contributed by atoms with Crippen LogP contribution in [0.15, 0.2) is 73.1 Å². The Morgan fingerprint density at radius 1 is 1.10 bits per heavy atom. The first-order chi connectivity index (χ1) is 15.0. The standard InChI is InChI=1S/C25H24FN3O2/c1-27-24(31)25(11-14-29(17-25)23(30)19-6-4-7-21(26)15-19)16-20-5-2-3-8-22(20)18-9-12-28-13-10-18/h2-10,12-13,15H,11,14,16-17H2,1H3,(H,27,31). The molecule has 1 fully saturated rings. The summed E-state index contributed by atoms with van der Waals surface area (Å²) in [6.07, 6.45) is 4.53. The third-order valence-electron chi connectivity index (χ3n) is 5.96. The SMILES string of the molecule is CNC(=O)C1(Cc2ccccc2-c2ccncc2)CCN(C(=O)c2cccc(F)c2)C1. The molecule has 0 radical (unpaired) electrons. The fraction of sp³-hybridized carbons (Fsp3) is 0.240. The number of rotatable bonds is 5. The first-order valence-electron chi connectivity index (χ1n) is 10.3. The molecular weight excluding hydrogens is 393 g/mol.